The van der Waals surface area contributed by atoms with Crippen LogP contribution in [0, 0.1) is 0 Å². The SMILES string of the molecule is CC(C)(C)OC(=O)N[C@H]1CCC[C@H]1c1nc2c(ccc3cc(-c4ccc(-c5cnc(C6CCCN6C(=O)O)[nH]5)cc4)ccc32)[nH]1. The average Bonchev–Trinajstić information content (AvgIpc) is 3.81. The van der Waals surface area contributed by atoms with E-state index in [1.54, 1.807) is 6.20 Å². The zero-order valence-electron chi connectivity index (χ0n) is 25.8. The zero-order chi connectivity index (χ0) is 31.3. The molecule has 1 saturated heterocycles. The first kappa shape index (κ1) is 28.9. The molecule has 1 unspecified atom stereocenters. The van der Waals surface area contributed by atoms with E-state index in [9.17, 15) is 14.7 Å². The minimum Gasteiger partial charge on any atom is -0.465 e. The van der Waals surface area contributed by atoms with Crippen molar-refractivity contribution < 1.29 is 19.4 Å². The molecule has 2 fully saturated rings. The quantitative estimate of drug-likeness (QED) is 0.161. The highest BCUT2D eigenvalue weighted by Gasteiger charge is 2.34. The van der Waals surface area contributed by atoms with Crippen molar-refractivity contribution in [3.63, 3.8) is 0 Å². The first-order chi connectivity index (χ1) is 21.6. The Labute approximate surface area is 261 Å². The molecule has 1 saturated carbocycles. The number of hydrogen-bond donors (Lipinski definition) is 4. The standard InChI is InChI=1S/C35H38N6O4/c1-35(2,3)45-33(42)39-26-7-4-6-25(26)31-37-27-16-14-23-18-22(13-15-24(23)30(27)40-31)20-9-11-21(12-10-20)28-19-36-32(38-28)29-8-5-17-41(29)34(43)44/h9-16,18-19,25-26,29H,4-8,17H2,1-3H3,(H,36,38)(H,37,40)(H,39,42)(H,43,44)/t25-,26+,29?/m1/s1. The molecule has 10 heteroatoms. The topological polar surface area (TPSA) is 136 Å². The number of ether oxygens (including phenoxy) is 1. The Morgan fingerprint density at radius 1 is 0.933 bits per heavy atom. The van der Waals surface area contributed by atoms with Crippen LogP contribution in [0.3, 0.4) is 0 Å². The summed E-state index contributed by atoms with van der Waals surface area (Å²) in [5.74, 6) is 1.71. The summed E-state index contributed by atoms with van der Waals surface area (Å²) in [6.07, 6.45) is 4.99. The number of likely N-dealkylation sites (tertiary alicyclic amines) is 1. The number of amides is 2. The first-order valence-corrected chi connectivity index (χ1v) is 15.7. The van der Waals surface area contributed by atoms with E-state index in [-0.39, 0.29) is 24.1 Å². The van der Waals surface area contributed by atoms with Gasteiger partial charge in [-0.3, -0.25) is 4.90 Å². The monoisotopic (exact) mass is 606 g/mol. The summed E-state index contributed by atoms with van der Waals surface area (Å²) in [6, 6.07) is 18.7. The minimum atomic E-state index is -0.904. The second kappa shape index (κ2) is 11.3. The Balaban J connectivity index is 1.10. The summed E-state index contributed by atoms with van der Waals surface area (Å²) in [6.45, 7) is 6.15. The maximum atomic E-state index is 12.5. The minimum absolute atomic E-state index is 0.0169. The van der Waals surface area contributed by atoms with E-state index in [1.807, 2.05) is 20.8 Å². The van der Waals surface area contributed by atoms with Gasteiger partial charge in [-0.25, -0.2) is 19.6 Å². The summed E-state index contributed by atoms with van der Waals surface area (Å²) < 4.78 is 5.50. The lowest BCUT2D eigenvalue weighted by Gasteiger charge is -2.24. The first-order valence-electron chi connectivity index (χ1n) is 15.7. The number of fused-ring (bicyclic) bond motifs is 3. The molecule has 5 aromatic rings. The number of imidazole rings is 2. The Morgan fingerprint density at radius 2 is 1.71 bits per heavy atom. The number of hydrogen-bond acceptors (Lipinski definition) is 5. The van der Waals surface area contributed by atoms with E-state index in [0.29, 0.717) is 12.4 Å². The average molecular weight is 607 g/mol. The van der Waals surface area contributed by atoms with Crippen LogP contribution in [0.5, 0.6) is 0 Å². The Kier molecular flexibility index (Phi) is 7.22. The zero-order valence-corrected chi connectivity index (χ0v) is 25.8. The highest BCUT2D eigenvalue weighted by atomic mass is 16.6. The second-order valence-corrected chi connectivity index (χ2v) is 13.2. The van der Waals surface area contributed by atoms with E-state index < -0.39 is 11.7 Å². The van der Waals surface area contributed by atoms with E-state index in [2.05, 4.69) is 74.9 Å². The molecule has 2 amide bonds. The number of rotatable bonds is 5. The molecule has 45 heavy (non-hydrogen) atoms. The van der Waals surface area contributed by atoms with E-state index in [4.69, 9.17) is 9.72 Å². The molecule has 0 bridgehead atoms. The lowest BCUT2D eigenvalue weighted by Crippen LogP contribution is -2.40. The summed E-state index contributed by atoms with van der Waals surface area (Å²) in [7, 11) is 0. The van der Waals surface area contributed by atoms with Crippen LogP contribution in [0.25, 0.3) is 44.2 Å². The van der Waals surface area contributed by atoms with Crippen molar-refractivity contribution in [1.82, 2.24) is 30.2 Å². The Bertz CT molecular complexity index is 1890. The van der Waals surface area contributed by atoms with Gasteiger partial charge in [0.15, 0.2) is 0 Å². The van der Waals surface area contributed by atoms with E-state index in [0.717, 1.165) is 82.1 Å². The van der Waals surface area contributed by atoms with Crippen LogP contribution in [-0.2, 0) is 4.74 Å². The highest BCUT2D eigenvalue weighted by Crippen LogP contribution is 2.37. The summed E-state index contributed by atoms with van der Waals surface area (Å²) in [4.78, 5) is 42.0. The van der Waals surface area contributed by atoms with Crippen LogP contribution in [0.15, 0.2) is 60.8 Å². The van der Waals surface area contributed by atoms with Crippen molar-refractivity contribution >= 4 is 34.0 Å². The van der Waals surface area contributed by atoms with Crippen LogP contribution in [0.2, 0.25) is 0 Å². The summed E-state index contributed by atoms with van der Waals surface area (Å²) in [5, 5.41) is 14.8. The van der Waals surface area contributed by atoms with Crippen LogP contribution in [0.1, 0.15) is 76.5 Å². The summed E-state index contributed by atoms with van der Waals surface area (Å²) >= 11 is 0. The van der Waals surface area contributed by atoms with Gasteiger partial charge in [0.05, 0.1) is 29.0 Å². The maximum absolute atomic E-state index is 12.5. The number of alkyl carbamates (subject to hydrolysis) is 1. The van der Waals surface area contributed by atoms with Gasteiger partial charge in [-0.2, -0.15) is 0 Å². The maximum Gasteiger partial charge on any atom is 0.407 e. The Morgan fingerprint density at radius 3 is 2.49 bits per heavy atom. The fourth-order valence-corrected chi connectivity index (χ4v) is 6.87. The smallest absolute Gasteiger partial charge is 0.407 e. The molecule has 0 spiro atoms. The number of H-pyrrole nitrogens is 2. The van der Waals surface area contributed by atoms with E-state index >= 15 is 0 Å². The molecule has 0 radical (unpaired) electrons. The van der Waals surface area contributed by atoms with Gasteiger partial charge in [-0.15, -0.1) is 0 Å². The predicted molar refractivity (Wildman–Crippen MR) is 173 cm³/mol. The van der Waals surface area contributed by atoms with Gasteiger partial charge in [-0.05, 0) is 80.7 Å². The third-order valence-corrected chi connectivity index (χ3v) is 8.99. The molecule has 1 aliphatic heterocycles. The lowest BCUT2D eigenvalue weighted by atomic mass is 9.99. The number of carboxylic acid groups (broad SMARTS) is 1. The molecule has 2 aromatic heterocycles. The third-order valence-electron chi connectivity index (χ3n) is 8.99. The van der Waals surface area contributed by atoms with Gasteiger partial charge < -0.3 is 25.1 Å². The van der Waals surface area contributed by atoms with Gasteiger partial charge in [0.25, 0.3) is 0 Å². The van der Waals surface area contributed by atoms with Crippen LogP contribution < -0.4 is 5.32 Å². The van der Waals surface area contributed by atoms with Gasteiger partial charge in [-0.1, -0.05) is 48.9 Å². The van der Waals surface area contributed by atoms with Crippen molar-refractivity contribution in [2.75, 3.05) is 6.54 Å². The number of aromatic nitrogens is 4. The molecule has 7 rings (SSSR count). The van der Waals surface area contributed by atoms with Gasteiger partial charge >= 0.3 is 12.2 Å². The molecular weight excluding hydrogens is 568 g/mol. The molecule has 3 aromatic carbocycles. The van der Waals surface area contributed by atoms with Crippen LogP contribution >= 0.6 is 0 Å². The normalized spacial score (nSPS) is 20.2. The third kappa shape index (κ3) is 5.72. The number of carbonyl (C=O) groups excluding carboxylic acids is 1. The largest absolute Gasteiger partial charge is 0.465 e. The summed E-state index contributed by atoms with van der Waals surface area (Å²) in [5.41, 5.74) is 5.45. The second-order valence-electron chi connectivity index (χ2n) is 13.2. The molecule has 232 valence electrons. The predicted octanol–water partition coefficient (Wildman–Crippen LogP) is 7.75. The molecule has 1 aliphatic carbocycles. The van der Waals surface area contributed by atoms with E-state index in [1.165, 1.54) is 4.90 Å². The number of benzene rings is 3. The van der Waals surface area contributed by atoms with Crippen molar-refractivity contribution in [2.24, 2.45) is 0 Å². The van der Waals surface area contributed by atoms with Gasteiger partial charge in [0, 0.05) is 23.9 Å². The lowest BCUT2D eigenvalue weighted by molar-refractivity contribution is 0.0500. The molecule has 10 nitrogen and oxygen atoms in total. The molecule has 2 aliphatic rings. The molecule has 3 heterocycles. The van der Waals surface area contributed by atoms with Crippen molar-refractivity contribution in [2.45, 2.75) is 76.5 Å². The van der Waals surface area contributed by atoms with Crippen LogP contribution in [0.4, 0.5) is 9.59 Å². The number of nitrogens with one attached hydrogen (secondary N) is 3. The number of aromatic amines is 2. The van der Waals surface area contributed by atoms with Gasteiger partial charge in [0.1, 0.15) is 17.2 Å². The fraction of sp³-hybridized carbons (Fsp3) is 0.371. The van der Waals surface area contributed by atoms with Crippen molar-refractivity contribution in [3.8, 4) is 22.4 Å². The van der Waals surface area contributed by atoms with Crippen molar-refractivity contribution in [3.05, 3.63) is 72.4 Å². The highest BCUT2D eigenvalue weighted by molar-refractivity contribution is 6.05. The Hall–Kier alpha value is -4.86. The molecule has 4 N–H and O–H groups in total. The fourth-order valence-electron chi connectivity index (χ4n) is 6.87. The number of carbonyl (C=O) groups is 2. The van der Waals surface area contributed by atoms with Gasteiger partial charge in [0.2, 0.25) is 0 Å². The number of nitrogens with zero attached hydrogens (tertiary/aromatic N) is 3. The van der Waals surface area contributed by atoms with Crippen molar-refractivity contribution in [1.29, 1.82) is 0 Å². The molecular formula is C35H38N6O4. The molecule has 3 atom stereocenters. The van der Waals surface area contributed by atoms with Crippen LogP contribution in [-0.4, -0.2) is 60.3 Å².